The highest BCUT2D eigenvalue weighted by atomic mass is 32.2. The Labute approximate surface area is 135 Å². The van der Waals surface area contributed by atoms with Gasteiger partial charge in [-0.25, -0.2) is 13.2 Å². The molecule has 0 spiro atoms. The molecule has 1 saturated heterocycles. The Morgan fingerprint density at radius 1 is 1.26 bits per heavy atom. The van der Waals surface area contributed by atoms with Crippen LogP contribution in [0.25, 0.3) is 10.9 Å². The van der Waals surface area contributed by atoms with Gasteiger partial charge in [0.05, 0.1) is 17.0 Å². The minimum Gasteiger partial charge on any atom is -0.338 e. The van der Waals surface area contributed by atoms with Crippen molar-refractivity contribution in [3.63, 3.8) is 0 Å². The third kappa shape index (κ3) is 3.98. The van der Waals surface area contributed by atoms with Crippen LogP contribution in [0.15, 0.2) is 36.5 Å². The molecule has 1 fully saturated rings. The molecule has 1 unspecified atom stereocenters. The zero-order valence-electron chi connectivity index (χ0n) is 12.7. The number of sulfone groups is 1. The second kappa shape index (κ2) is 6.54. The van der Waals surface area contributed by atoms with E-state index in [-0.39, 0.29) is 23.6 Å². The number of urea groups is 1. The van der Waals surface area contributed by atoms with E-state index in [2.05, 4.69) is 15.6 Å². The summed E-state index contributed by atoms with van der Waals surface area (Å²) in [5, 5.41) is 6.57. The Bertz CT molecular complexity index is 815. The van der Waals surface area contributed by atoms with Crippen molar-refractivity contribution in [3.8, 4) is 0 Å². The first kappa shape index (κ1) is 15.7. The van der Waals surface area contributed by atoms with Crippen LogP contribution in [0.4, 0.5) is 4.79 Å². The highest BCUT2D eigenvalue weighted by molar-refractivity contribution is 7.91. The number of hydrogen-bond acceptors (Lipinski definition) is 4. The molecule has 0 radical (unpaired) electrons. The van der Waals surface area contributed by atoms with E-state index in [4.69, 9.17) is 0 Å². The van der Waals surface area contributed by atoms with Crippen LogP contribution in [-0.2, 0) is 16.3 Å². The minimum absolute atomic E-state index is 0.0354. The summed E-state index contributed by atoms with van der Waals surface area (Å²) < 4.78 is 22.7. The molecule has 0 aliphatic carbocycles. The fourth-order valence-corrected chi connectivity index (χ4v) is 4.50. The van der Waals surface area contributed by atoms with Crippen molar-refractivity contribution in [2.75, 3.05) is 18.1 Å². The van der Waals surface area contributed by atoms with Gasteiger partial charge in [-0.2, -0.15) is 0 Å². The maximum absolute atomic E-state index is 11.8. The summed E-state index contributed by atoms with van der Waals surface area (Å²) in [7, 11) is -2.98. The van der Waals surface area contributed by atoms with Gasteiger partial charge in [0, 0.05) is 24.2 Å². The summed E-state index contributed by atoms with van der Waals surface area (Å²) in [6.07, 6.45) is 2.92. The summed E-state index contributed by atoms with van der Waals surface area (Å²) in [6, 6.07) is 9.29. The SMILES string of the molecule is O=C(NCCc1cccc2cccnc12)NC1CCS(=O)(=O)C1. The zero-order valence-corrected chi connectivity index (χ0v) is 13.5. The van der Waals surface area contributed by atoms with Gasteiger partial charge in [0.25, 0.3) is 0 Å². The van der Waals surface area contributed by atoms with Crippen LogP contribution in [-0.4, -0.2) is 43.5 Å². The fraction of sp³-hybridized carbons (Fsp3) is 0.375. The maximum atomic E-state index is 11.8. The summed E-state index contributed by atoms with van der Waals surface area (Å²) >= 11 is 0. The second-order valence-corrected chi connectivity index (χ2v) is 7.97. The lowest BCUT2D eigenvalue weighted by Crippen LogP contribution is -2.43. The number of amides is 2. The van der Waals surface area contributed by atoms with E-state index in [1.54, 1.807) is 6.20 Å². The third-order valence-electron chi connectivity index (χ3n) is 3.96. The van der Waals surface area contributed by atoms with Crippen molar-refractivity contribution in [1.29, 1.82) is 0 Å². The normalized spacial score (nSPS) is 19.6. The van der Waals surface area contributed by atoms with Crippen LogP contribution in [0, 0.1) is 0 Å². The largest absolute Gasteiger partial charge is 0.338 e. The summed E-state index contributed by atoms with van der Waals surface area (Å²) in [4.78, 5) is 16.2. The predicted molar refractivity (Wildman–Crippen MR) is 89.0 cm³/mol. The number of fused-ring (bicyclic) bond motifs is 1. The Morgan fingerprint density at radius 2 is 2.09 bits per heavy atom. The predicted octanol–water partition coefficient (Wildman–Crippen LogP) is 1.26. The van der Waals surface area contributed by atoms with Crippen LogP contribution >= 0.6 is 0 Å². The molecular formula is C16H19N3O3S. The van der Waals surface area contributed by atoms with Gasteiger partial charge < -0.3 is 10.6 Å². The molecule has 3 rings (SSSR count). The molecule has 1 aliphatic heterocycles. The van der Waals surface area contributed by atoms with Crippen LogP contribution < -0.4 is 10.6 Å². The van der Waals surface area contributed by atoms with E-state index in [9.17, 15) is 13.2 Å². The molecule has 2 amide bonds. The number of carbonyl (C=O) groups is 1. The number of hydrogen-bond donors (Lipinski definition) is 2. The number of rotatable bonds is 4. The van der Waals surface area contributed by atoms with Gasteiger partial charge in [-0.3, -0.25) is 4.98 Å². The molecule has 7 heteroatoms. The third-order valence-corrected chi connectivity index (χ3v) is 5.73. The van der Waals surface area contributed by atoms with Crippen molar-refractivity contribution in [2.45, 2.75) is 18.9 Å². The van der Waals surface area contributed by atoms with E-state index >= 15 is 0 Å². The van der Waals surface area contributed by atoms with Crippen LogP contribution in [0.3, 0.4) is 0 Å². The van der Waals surface area contributed by atoms with Gasteiger partial charge in [-0.1, -0.05) is 24.3 Å². The molecule has 2 aromatic rings. The van der Waals surface area contributed by atoms with Crippen molar-refractivity contribution in [1.82, 2.24) is 15.6 Å². The smallest absolute Gasteiger partial charge is 0.315 e. The van der Waals surface area contributed by atoms with E-state index in [1.165, 1.54) is 0 Å². The second-order valence-electron chi connectivity index (χ2n) is 5.74. The monoisotopic (exact) mass is 333 g/mol. The van der Waals surface area contributed by atoms with Gasteiger partial charge in [0.1, 0.15) is 0 Å². The van der Waals surface area contributed by atoms with Gasteiger partial charge in [-0.15, -0.1) is 0 Å². The summed E-state index contributed by atoms with van der Waals surface area (Å²) in [6.45, 7) is 0.473. The highest BCUT2D eigenvalue weighted by Gasteiger charge is 2.28. The van der Waals surface area contributed by atoms with Gasteiger partial charge in [0.15, 0.2) is 9.84 Å². The number of nitrogens with zero attached hydrogens (tertiary/aromatic N) is 1. The van der Waals surface area contributed by atoms with Crippen molar-refractivity contribution < 1.29 is 13.2 Å². The number of para-hydroxylation sites is 1. The number of aromatic nitrogens is 1. The Hall–Kier alpha value is -2.15. The van der Waals surface area contributed by atoms with E-state index < -0.39 is 9.84 Å². The molecule has 1 atom stereocenters. The van der Waals surface area contributed by atoms with Crippen molar-refractivity contribution >= 4 is 26.8 Å². The number of pyridine rings is 1. The molecule has 23 heavy (non-hydrogen) atoms. The van der Waals surface area contributed by atoms with Gasteiger partial charge >= 0.3 is 6.03 Å². The molecule has 1 aliphatic rings. The molecule has 1 aromatic heterocycles. The number of carbonyl (C=O) groups excluding carboxylic acids is 1. The number of benzene rings is 1. The topological polar surface area (TPSA) is 88.2 Å². The van der Waals surface area contributed by atoms with E-state index in [0.717, 1.165) is 16.5 Å². The quantitative estimate of drug-likeness (QED) is 0.882. The lowest BCUT2D eigenvalue weighted by Gasteiger charge is -2.12. The van der Waals surface area contributed by atoms with Crippen LogP contribution in [0.2, 0.25) is 0 Å². The zero-order chi connectivity index (χ0) is 16.3. The highest BCUT2D eigenvalue weighted by Crippen LogP contribution is 2.16. The Morgan fingerprint density at radius 3 is 2.87 bits per heavy atom. The summed E-state index contributed by atoms with van der Waals surface area (Å²) in [5.41, 5.74) is 2.02. The van der Waals surface area contributed by atoms with E-state index in [0.29, 0.717) is 19.4 Å². The Kier molecular flexibility index (Phi) is 4.47. The molecule has 0 bridgehead atoms. The molecule has 1 aromatic carbocycles. The number of nitrogens with one attached hydrogen (secondary N) is 2. The average molecular weight is 333 g/mol. The first-order chi connectivity index (χ1) is 11.0. The van der Waals surface area contributed by atoms with Crippen molar-refractivity contribution in [2.24, 2.45) is 0 Å². The summed E-state index contributed by atoms with van der Waals surface area (Å²) in [5.74, 6) is 0.188. The molecule has 6 nitrogen and oxygen atoms in total. The average Bonchev–Trinajstić information content (AvgIpc) is 2.86. The molecule has 2 heterocycles. The standard InChI is InChI=1S/C16H19N3O3S/c20-16(19-14-7-10-23(21,22)11-14)18-9-6-13-4-1-3-12-5-2-8-17-15(12)13/h1-5,8,14H,6-7,9-11H2,(H2,18,19,20). The van der Waals surface area contributed by atoms with E-state index in [1.807, 2.05) is 30.3 Å². The first-order valence-corrected chi connectivity index (χ1v) is 9.43. The lowest BCUT2D eigenvalue weighted by atomic mass is 10.1. The van der Waals surface area contributed by atoms with Gasteiger partial charge in [0.2, 0.25) is 0 Å². The maximum Gasteiger partial charge on any atom is 0.315 e. The first-order valence-electron chi connectivity index (χ1n) is 7.61. The van der Waals surface area contributed by atoms with Crippen molar-refractivity contribution in [3.05, 3.63) is 42.1 Å². The lowest BCUT2D eigenvalue weighted by molar-refractivity contribution is 0.238. The Balaban J connectivity index is 1.52. The molecular weight excluding hydrogens is 314 g/mol. The molecule has 122 valence electrons. The molecule has 2 N–H and O–H groups in total. The van der Waals surface area contributed by atoms with Crippen LogP contribution in [0.5, 0.6) is 0 Å². The molecule has 0 saturated carbocycles. The minimum atomic E-state index is -2.98. The van der Waals surface area contributed by atoms with Crippen LogP contribution in [0.1, 0.15) is 12.0 Å². The van der Waals surface area contributed by atoms with Gasteiger partial charge in [-0.05, 0) is 24.5 Å². The fourth-order valence-electron chi connectivity index (χ4n) is 2.83.